The Morgan fingerprint density at radius 2 is 1.63 bits per heavy atom. The Morgan fingerprint density at radius 1 is 1.16 bits per heavy atom. The molecule has 0 aromatic rings. The van der Waals surface area contributed by atoms with E-state index < -0.39 is 18.0 Å². The van der Waals surface area contributed by atoms with E-state index >= 15 is 0 Å². The SMILES string of the molecule is CC(C)C[C@H](NC(=O)NC1C(C)(C)C1(C)C)C(=O)O. The molecule has 1 saturated carbocycles. The third-order valence-corrected chi connectivity index (χ3v) is 4.61. The van der Waals surface area contributed by atoms with Crippen molar-refractivity contribution in [2.45, 2.75) is 60.0 Å². The first-order valence-corrected chi connectivity index (χ1v) is 6.80. The molecule has 0 unspecified atom stereocenters. The van der Waals surface area contributed by atoms with Gasteiger partial charge in [0.05, 0.1) is 0 Å². The van der Waals surface area contributed by atoms with E-state index in [4.69, 9.17) is 5.11 Å². The second kappa shape index (κ2) is 5.02. The normalized spacial score (nSPS) is 21.8. The van der Waals surface area contributed by atoms with Crippen molar-refractivity contribution in [1.29, 1.82) is 0 Å². The van der Waals surface area contributed by atoms with Gasteiger partial charge in [-0.05, 0) is 23.2 Å². The third kappa shape index (κ3) is 3.19. The number of nitrogens with one attached hydrogen (secondary N) is 2. The highest BCUT2D eigenvalue weighted by Crippen LogP contribution is 2.62. The van der Waals surface area contributed by atoms with Gasteiger partial charge in [0.25, 0.3) is 0 Å². The van der Waals surface area contributed by atoms with Crippen LogP contribution in [0.15, 0.2) is 0 Å². The van der Waals surface area contributed by atoms with Gasteiger partial charge >= 0.3 is 12.0 Å². The van der Waals surface area contributed by atoms with E-state index in [-0.39, 0.29) is 22.8 Å². The summed E-state index contributed by atoms with van der Waals surface area (Å²) in [4.78, 5) is 23.0. The number of hydrogen-bond donors (Lipinski definition) is 3. The van der Waals surface area contributed by atoms with Crippen molar-refractivity contribution in [3.05, 3.63) is 0 Å². The Morgan fingerprint density at radius 3 is 1.95 bits per heavy atom. The molecule has 5 nitrogen and oxygen atoms in total. The molecule has 1 aliphatic carbocycles. The van der Waals surface area contributed by atoms with Crippen LogP contribution in [-0.2, 0) is 4.79 Å². The van der Waals surface area contributed by atoms with E-state index in [0.717, 1.165) is 0 Å². The van der Waals surface area contributed by atoms with Crippen LogP contribution in [0.4, 0.5) is 4.79 Å². The maximum absolute atomic E-state index is 11.9. The molecule has 1 rings (SSSR count). The average molecular weight is 270 g/mol. The predicted molar refractivity (Wildman–Crippen MR) is 73.9 cm³/mol. The summed E-state index contributed by atoms with van der Waals surface area (Å²) in [6, 6.07) is -1.14. The molecular weight excluding hydrogens is 244 g/mol. The van der Waals surface area contributed by atoms with Crippen molar-refractivity contribution in [2.24, 2.45) is 16.7 Å². The summed E-state index contributed by atoms with van der Waals surface area (Å²) in [5, 5.41) is 14.5. The Kier molecular flexibility index (Phi) is 4.17. The van der Waals surface area contributed by atoms with Crippen LogP contribution in [-0.4, -0.2) is 29.2 Å². The minimum Gasteiger partial charge on any atom is -0.480 e. The second-order valence-electron chi connectivity index (χ2n) is 7.01. The van der Waals surface area contributed by atoms with E-state index in [1.165, 1.54) is 0 Å². The second-order valence-corrected chi connectivity index (χ2v) is 7.01. The van der Waals surface area contributed by atoms with E-state index in [9.17, 15) is 9.59 Å². The number of urea groups is 1. The minimum atomic E-state index is -0.988. The van der Waals surface area contributed by atoms with E-state index in [1.54, 1.807) is 0 Å². The number of carboxylic acids is 1. The fraction of sp³-hybridized carbons (Fsp3) is 0.857. The van der Waals surface area contributed by atoms with Crippen LogP contribution in [0.1, 0.15) is 48.0 Å². The number of carbonyl (C=O) groups excluding carboxylic acids is 1. The van der Waals surface area contributed by atoms with Crippen LogP contribution >= 0.6 is 0 Å². The Hall–Kier alpha value is -1.26. The molecule has 19 heavy (non-hydrogen) atoms. The molecular formula is C14H26N2O3. The Balaban J connectivity index is 2.53. The lowest BCUT2D eigenvalue weighted by atomic mass is 10.0. The van der Waals surface area contributed by atoms with Crippen molar-refractivity contribution in [1.82, 2.24) is 10.6 Å². The highest BCUT2D eigenvalue weighted by molar-refractivity contribution is 5.83. The van der Waals surface area contributed by atoms with Crippen LogP contribution in [0.3, 0.4) is 0 Å². The van der Waals surface area contributed by atoms with E-state index in [1.807, 2.05) is 13.8 Å². The summed E-state index contributed by atoms with van der Waals surface area (Å²) in [5.74, 6) is -0.770. The quantitative estimate of drug-likeness (QED) is 0.716. The number of carbonyl (C=O) groups is 2. The largest absolute Gasteiger partial charge is 0.480 e. The van der Waals surface area contributed by atoms with Crippen LogP contribution in [0, 0.1) is 16.7 Å². The molecule has 0 saturated heterocycles. The lowest BCUT2D eigenvalue weighted by molar-refractivity contribution is -0.139. The first kappa shape index (κ1) is 15.8. The molecule has 0 bridgehead atoms. The molecule has 1 atom stereocenters. The van der Waals surface area contributed by atoms with Crippen molar-refractivity contribution in [3.8, 4) is 0 Å². The Bertz CT molecular complexity index is 361. The van der Waals surface area contributed by atoms with Crippen LogP contribution in [0.25, 0.3) is 0 Å². The highest BCUT2D eigenvalue weighted by Gasteiger charge is 2.65. The Labute approximate surface area is 115 Å². The number of amides is 2. The highest BCUT2D eigenvalue weighted by atomic mass is 16.4. The van der Waals surface area contributed by atoms with E-state index in [2.05, 4.69) is 38.3 Å². The maximum Gasteiger partial charge on any atom is 0.326 e. The number of rotatable bonds is 5. The van der Waals surface area contributed by atoms with Crippen LogP contribution < -0.4 is 10.6 Å². The van der Waals surface area contributed by atoms with Crippen molar-refractivity contribution >= 4 is 12.0 Å². The summed E-state index contributed by atoms with van der Waals surface area (Å²) < 4.78 is 0. The minimum absolute atomic E-state index is 0.0428. The monoisotopic (exact) mass is 270 g/mol. The topological polar surface area (TPSA) is 78.4 Å². The standard InChI is InChI=1S/C14H26N2O3/c1-8(2)7-9(10(17)18)15-12(19)16-11-13(3,4)14(11,5)6/h8-9,11H,7H2,1-6H3,(H,17,18)(H2,15,16,19)/t9-/m0/s1. The molecule has 5 heteroatoms. The lowest BCUT2D eigenvalue weighted by Crippen LogP contribution is -2.48. The third-order valence-electron chi connectivity index (χ3n) is 4.61. The summed E-state index contributed by atoms with van der Waals surface area (Å²) in [7, 11) is 0. The average Bonchev–Trinajstić information content (AvgIpc) is 2.59. The lowest BCUT2D eigenvalue weighted by Gasteiger charge is -2.17. The zero-order chi connectivity index (χ0) is 15.0. The molecule has 0 aromatic heterocycles. The smallest absolute Gasteiger partial charge is 0.326 e. The van der Waals surface area contributed by atoms with Gasteiger partial charge in [-0.2, -0.15) is 0 Å². The summed E-state index contributed by atoms with van der Waals surface area (Å²) in [6.45, 7) is 12.3. The van der Waals surface area contributed by atoms with Gasteiger partial charge in [0.1, 0.15) is 6.04 Å². The molecule has 1 aliphatic rings. The molecule has 1 fully saturated rings. The van der Waals surface area contributed by atoms with Crippen molar-refractivity contribution in [3.63, 3.8) is 0 Å². The number of carboxylic acid groups (broad SMARTS) is 1. The molecule has 3 N–H and O–H groups in total. The van der Waals surface area contributed by atoms with Gasteiger partial charge in [-0.3, -0.25) is 0 Å². The van der Waals surface area contributed by atoms with Gasteiger partial charge in [0.15, 0.2) is 0 Å². The molecule has 110 valence electrons. The van der Waals surface area contributed by atoms with Gasteiger partial charge in [-0.15, -0.1) is 0 Å². The fourth-order valence-corrected chi connectivity index (χ4v) is 2.58. The molecule has 0 spiro atoms. The van der Waals surface area contributed by atoms with E-state index in [0.29, 0.717) is 6.42 Å². The van der Waals surface area contributed by atoms with Crippen LogP contribution in [0.5, 0.6) is 0 Å². The first-order chi connectivity index (χ1) is 8.50. The first-order valence-electron chi connectivity index (χ1n) is 6.80. The molecule has 2 amide bonds. The number of hydrogen-bond acceptors (Lipinski definition) is 2. The van der Waals surface area contributed by atoms with Gasteiger partial charge in [0, 0.05) is 6.04 Å². The van der Waals surface area contributed by atoms with Gasteiger partial charge in [-0.25, -0.2) is 9.59 Å². The van der Waals surface area contributed by atoms with Gasteiger partial charge in [0.2, 0.25) is 0 Å². The number of aliphatic carboxylic acids is 1. The zero-order valence-corrected chi connectivity index (χ0v) is 12.7. The predicted octanol–water partition coefficient (Wildman–Crippen LogP) is 2.22. The molecule has 0 radical (unpaired) electrons. The van der Waals surface area contributed by atoms with Crippen molar-refractivity contribution < 1.29 is 14.7 Å². The summed E-state index contributed by atoms with van der Waals surface area (Å²) >= 11 is 0. The summed E-state index contributed by atoms with van der Waals surface area (Å²) in [5.41, 5.74) is 0.0855. The van der Waals surface area contributed by atoms with Gasteiger partial charge < -0.3 is 15.7 Å². The van der Waals surface area contributed by atoms with Crippen LogP contribution in [0.2, 0.25) is 0 Å². The zero-order valence-electron chi connectivity index (χ0n) is 12.7. The summed E-state index contributed by atoms with van der Waals surface area (Å²) in [6.07, 6.45) is 0.431. The maximum atomic E-state index is 11.9. The molecule has 0 aromatic carbocycles. The fourth-order valence-electron chi connectivity index (χ4n) is 2.58. The molecule has 0 heterocycles. The van der Waals surface area contributed by atoms with Crippen molar-refractivity contribution in [2.75, 3.05) is 0 Å². The molecule has 0 aliphatic heterocycles. The van der Waals surface area contributed by atoms with Gasteiger partial charge in [-0.1, -0.05) is 41.5 Å².